The maximum Gasteiger partial charge on any atom is 0.325 e. The zero-order valence-corrected chi connectivity index (χ0v) is 15.8. The van der Waals surface area contributed by atoms with E-state index in [4.69, 9.17) is 9.47 Å². The van der Waals surface area contributed by atoms with Crippen LogP contribution in [0.15, 0.2) is 48.5 Å². The molecule has 0 spiro atoms. The molecule has 0 radical (unpaired) electrons. The molecule has 2 aromatic carbocycles. The normalized spacial score (nSPS) is 16.1. The van der Waals surface area contributed by atoms with E-state index in [9.17, 15) is 9.90 Å². The van der Waals surface area contributed by atoms with Crippen LogP contribution in [0.4, 0.5) is 5.69 Å². The average Bonchev–Trinajstić information content (AvgIpc) is 2.69. The van der Waals surface area contributed by atoms with Crippen molar-refractivity contribution in [2.45, 2.75) is 12.6 Å². The molecule has 1 heterocycles. The van der Waals surface area contributed by atoms with E-state index in [2.05, 4.69) is 4.90 Å². The number of benzene rings is 2. The molecule has 6 nitrogen and oxygen atoms in total. The van der Waals surface area contributed by atoms with Gasteiger partial charge >= 0.3 is 5.97 Å². The van der Waals surface area contributed by atoms with Crippen LogP contribution in [-0.2, 0) is 16.1 Å². The Bertz CT molecular complexity index is 755. The fourth-order valence-electron chi connectivity index (χ4n) is 3.56. The molecule has 6 heteroatoms. The number of nitrogens with zero attached hydrogens (tertiary/aromatic N) is 2. The lowest BCUT2D eigenvalue weighted by molar-refractivity contribution is -0.143. The molecule has 2 aromatic rings. The third kappa shape index (κ3) is 4.59. The number of carboxylic acid groups (broad SMARTS) is 1. The van der Waals surface area contributed by atoms with Crippen LogP contribution in [0.1, 0.15) is 17.2 Å². The summed E-state index contributed by atoms with van der Waals surface area (Å²) >= 11 is 0. The van der Waals surface area contributed by atoms with Gasteiger partial charge in [-0.15, -0.1) is 0 Å². The monoisotopic (exact) mass is 370 g/mol. The van der Waals surface area contributed by atoms with Crippen LogP contribution in [0, 0.1) is 0 Å². The third-order valence-corrected chi connectivity index (χ3v) is 4.93. The number of carboxylic acids is 1. The summed E-state index contributed by atoms with van der Waals surface area (Å²) in [6.07, 6.45) is 0. The molecule has 1 fully saturated rings. The van der Waals surface area contributed by atoms with Gasteiger partial charge in [-0.25, -0.2) is 0 Å². The Morgan fingerprint density at radius 3 is 2.37 bits per heavy atom. The molecule has 0 bridgehead atoms. The Hall–Kier alpha value is -2.57. The van der Waals surface area contributed by atoms with Crippen molar-refractivity contribution < 1.29 is 19.4 Å². The molecule has 0 amide bonds. The Kier molecular flexibility index (Phi) is 6.32. The number of hydrogen-bond donors (Lipinski definition) is 1. The van der Waals surface area contributed by atoms with Gasteiger partial charge in [-0.1, -0.05) is 24.3 Å². The number of ether oxygens (including phenoxy) is 2. The second-order valence-electron chi connectivity index (χ2n) is 6.64. The molecule has 1 saturated heterocycles. The van der Waals surface area contributed by atoms with Crippen molar-refractivity contribution in [3.63, 3.8) is 0 Å². The molecule has 0 aromatic heterocycles. The van der Waals surface area contributed by atoms with Crippen molar-refractivity contribution in [2.75, 3.05) is 45.3 Å². The zero-order chi connectivity index (χ0) is 19.2. The fraction of sp³-hybridized carbons (Fsp3) is 0.381. The van der Waals surface area contributed by atoms with Crippen LogP contribution < -0.4 is 9.64 Å². The molecule has 27 heavy (non-hydrogen) atoms. The highest BCUT2D eigenvalue weighted by Gasteiger charge is 2.30. The summed E-state index contributed by atoms with van der Waals surface area (Å²) in [5.41, 5.74) is 2.91. The number of anilines is 1. The molecular formula is C21H26N2O4. The Morgan fingerprint density at radius 2 is 1.78 bits per heavy atom. The first-order valence-electron chi connectivity index (χ1n) is 9.06. The number of hydrogen-bond acceptors (Lipinski definition) is 5. The smallest absolute Gasteiger partial charge is 0.325 e. The minimum absolute atomic E-state index is 0.478. The van der Waals surface area contributed by atoms with Gasteiger partial charge in [0.25, 0.3) is 0 Å². The minimum Gasteiger partial charge on any atom is -0.497 e. The van der Waals surface area contributed by atoms with Crippen LogP contribution in [0.2, 0.25) is 0 Å². The van der Waals surface area contributed by atoms with E-state index in [1.165, 1.54) is 0 Å². The van der Waals surface area contributed by atoms with Crippen molar-refractivity contribution in [1.82, 2.24) is 4.90 Å². The largest absolute Gasteiger partial charge is 0.497 e. The molecule has 0 aliphatic carbocycles. The highest BCUT2D eigenvalue weighted by atomic mass is 16.5. The van der Waals surface area contributed by atoms with Crippen LogP contribution in [0.25, 0.3) is 0 Å². The summed E-state index contributed by atoms with van der Waals surface area (Å²) in [6.45, 7) is 3.43. The predicted molar refractivity (Wildman–Crippen MR) is 104 cm³/mol. The third-order valence-electron chi connectivity index (χ3n) is 4.93. The number of piperazine rings is 1. The summed E-state index contributed by atoms with van der Waals surface area (Å²) in [6, 6.07) is 15.0. The predicted octanol–water partition coefficient (Wildman–Crippen LogP) is 2.79. The quantitative estimate of drug-likeness (QED) is 0.809. The van der Waals surface area contributed by atoms with Crippen LogP contribution in [0.5, 0.6) is 5.75 Å². The summed E-state index contributed by atoms with van der Waals surface area (Å²) in [5, 5.41) is 9.84. The van der Waals surface area contributed by atoms with Crippen molar-refractivity contribution in [2.24, 2.45) is 0 Å². The molecule has 0 saturated carbocycles. The molecule has 3 rings (SSSR count). The summed E-state index contributed by atoms with van der Waals surface area (Å²) in [4.78, 5) is 16.3. The van der Waals surface area contributed by atoms with Crippen LogP contribution in [-0.4, -0.2) is 56.4 Å². The number of rotatable bonds is 7. The van der Waals surface area contributed by atoms with Gasteiger partial charge in [-0.3, -0.25) is 9.69 Å². The summed E-state index contributed by atoms with van der Waals surface area (Å²) in [5.74, 6) is 0.0155. The minimum atomic E-state index is -0.817. The average molecular weight is 370 g/mol. The van der Waals surface area contributed by atoms with Gasteiger partial charge in [0.15, 0.2) is 0 Å². The number of carbonyl (C=O) groups is 1. The Morgan fingerprint density at radius 1 is 1.07 bits per heavy atom. The SMILES string of the molecule is COCc1cccc([C@@H](C(=O)O)N2CCN(c3ccc(OC)cc3)CC2)c1. The second kappa shape index (κ2) is 8.88. The summed E-state index contributed by atoms with van der Waals surface area (Å²) in [7, 11) is 3.29. The Balaban J connectivity index is 1.70. The maximum atomic E-state index is 12.0. The molecule has 144 valence electrons. The van der Waals surface area contributed by atoms with E-state index in [0.29, 0.717) is 19.7 Å². The number of aliphatic carboxylic acids is 1. The van der Waals surface area contributed by atoms with Gasteiger partial charge in [-0.05, 0) is 35.4 Å². The van der Waals surface area contributed by atoms with Crippen molar-refractivity contribution in [3.8, 4) is 5.75 Å². The topological polar surface area (TPSA) is 62.2 Å². The first kappa shape index (κ1) is 19.2. The Labute approximate surface area is 159 Å². The lowest BCUT2D eigenvalue weighted by Gasteiger charge is -2.39. The zero-order valence-electron chi connectivity index (χ0n) is 15.8. The van der Waals surface area contributed by atoms with Gasteiger partial charge < -0.3 is 19.5 Å². The van der Waals surface area contributed by atoms with Crippen LogP contribution in [0.3, 0.4) is 0 Å². The first-order chi connectivity index (χ1) is 13.1. The first-order valence-corrected chi connectivity index (χ1v) is 9.06. The molecule has 1 aliphatic rings. The van der Waals surface area contributed by atoms with E-state index in [1.807, 2.05) is 53.4 Å². The van der Waals surface area contributed by atoms with Crippen LogP contribution >= 0.6 is 0 Å². The molecule has 0 unspecified atom stereocenters. The second-order valence-corrected chi connectivity index (χ2v) is 6.64. The van der Waals surface area contributed by atoms with Gasteiger partial charge in [0.2, 0.25) is 0 Å². The van der Waals surface area contributed by atoms with Gasteiger partial charge in [0.05, 0.1) is 13.7 Å². The van der Waals surface area contributed by atoms with Crippen molar-refractivity contribution in [3.05, 3.63) is 59.7 Å². The van der Waals surface area contributed by atoms with E-state index >= 15 is 0 Å². The highest BCUT2D eigenvalue weighted by molar-refractivity contribution is 5.75. The molecular weight excluding hydrogens is 344 g/mol. The van der Waals surface area contributed by atoms with E-state index < -0.39 is 12.0 Å². The van der Waals surface area contributed by atoms with Crippen molar-refractivity contribution >= 4 is 11.7 Å². The van der Waals surface area contributed by atoms with E-state index in [1.54, 1.807) is 14.2 Å². The van der Waals surface area contributed by atoms with Gasteiger partial charge in [0, 0.05) is 39.0 Å². The standard InChI is InChI=1S/C21H26N2O4/c1-26-15-16-4-3-5-17(14-16)20(21(24)25)23-12-10-22(11-13-23)18-6-8-19(27-2)9-7-18/h3-9,14,20H,10-13,15H2,1-2H3,(H,24,25)/t20-/m0/s1. The van der Waals surface area contributed by atoms with Gasteiger partial charge in [-0.2, -0.15) is 0 Å². The van der Waals surface area contributed by atoms with E-state index in [0.717, 1.165) is 35.7 Å². The van der Waals surface area contributed by atoms with Crippen molar-refractivity contribution in [1.29, 1.82) is 0 Å². The summed E-state index contributed by atoms with van der Waals surface area (Å²) < 4.78 is 10.4. The molecule has 1 aliphatic heterocycles. The number of methoxy groups -OCH3 is 2. The fourth-order valence-corrected chi connectivity index (χ4v) is 3.56. The molecule has 1 atom stereocenters. The lowest BCUT2D eigenvalue weighted by Crippen LogP contribution is -2.49. The lowest BCUT2D eigenvalue weighted by atomic mass is 10.0. The van der Waals surface area contributed by atoms with Gasteiger partial charge in [0.1, 0.15) is 11.8 Å². The maximum absolute atomic E-state index is 12.0. The van der Waals surface area contributed by atoms with E-state index in [-0.39, 0.29) is 0 Å². The highest BCUT2D eigenvalue weighted by Crippen LogP contribution is 2.26. The molecule has 1 N–H and O–H groups in total.